The fraction of sp³-hybridized carbons (Fsp3) is 0.385. The van der Waals surface area contributed by atoms with Crippen LogP contribution in [0.15, 0.2) is 29.3 Å². The van der Waals surface area contributed by atoms with Crippen LogP contribution in [-0.2, 0) is 4.79 Å². The van der Waals surface area contributed by atoms with Crippen LogP contribution in [0.4, 0.5) is 4.39 Å². The van der Waals surface area contributed by atoms with Crippen molar-refractivity contribution in [1.29, 1.82) is 0 Å². The summed E-state index contributed by atoms with van der Waals surface area (Å²) in [4.78, 5) is 16.5. The summed E-state index contributed by atoms with van der Waals surface area (Å²) in [6, 6.07) is 6.36. The Hall–Kier alpha value is -1.46. The third-order valence-corrected chi connectivity index (χ3v) is 3.54. The second kappa shape index (κ2) is 5.27. The zero-order valence-corrected chi connectivity index (χ0v) is 11.1. The van der Waals surface area contributed by atoms with Gasteiger partial charge in [-0.05, 0) is 38.1 Å². The van der Waals surface area contributed by atoms with E-state index < -0.39 is 5.54 Å². The highest BCUT2D eigenvalue weighted by Crippen LogP contribution is 2.28. The van der Waals surface area contributed by atoms with Gasteiger partial charge < -0.3 is 10.6 Å². The van der Waals surface area contributed by atoms with Crippen LogP contribution in [0.2, 0.25) is 0 Å². The van der Waals surface area contributed by atoms with Crippen LogP contribution in [-0.4, -0.2) is 30.4 Å². The van der Waals surface area contributed by atoms with Gasteiger partial charge in [0.05, 0.1) is 5.56 Å². The maximum atomic E-state index is 13.7. The molecule has 1 aromatic carbocycles. The van der Waals surface area contributed by atoms with E-state index in [2.05, 4.69) is 15.6 Å². The number of amides is 1. The normalized spacial score (nSPS) is 20.7. The van der Waals surface area contributed by atoms with Crippen LogP contribution in [0, 0.1) is 5.82 Å². The number of hydrogen-bond acceptors (Lipinski definition) is 3. The lowest BCUT2D eigenvalue weighted by molar-refractivity contribution is -0.124. The van der Waals surface area contributed by atoms with Crippen LogP contribution in [0.1, 0.15) is 18.4 Å². The lowest BCUT2D eigenvalue weighted by Gasteiger charge is -2.28. The summed E-state index contributed by atoms with van der Waals surface area (Å²) in [5.74, 6) is -0.107. The van der Waals surface area contributed by atoms with Crippen molar-refractivity contribution in [3.05, 3.63) is 35.6 Å². The number of aliphatic imine (C=N–C) groups is 1. The second-order valence-electron chi connectivity index (χ2n) is 4.68. The van der Waals surface area contributed by atoms with Crippen molar-refractivity contribution in [3.8, 4) is 0 Å². The van der Waals surface area contributed by atoms with Crippen molar-refractivity contribution in [2.45, 2.75) is 18.4 Å². The highest BCUT2D eigenvalue weighted by Gasteiger charge is 2.44. The molecule has 0 atom stereocenters. The molecule has 3 rings (SSSR count). The summed E-state index contributed by atoms with van der Waals surface area (Å²) >= 11 is 0. The Balaban J connectivity index is 0.00000133. The number of halogens is 2. The number of carbonyl (C=O) groups excluding carboxylic acids is 1. The van der Waals surface area contributed by atoms with Gasteiger partial charge in [0.2, 0.25) is 0 Å². The monoisotopic (exact) mass is 283 g/mol. The number of piperidine rings is 1. The SMILES string of the molecule is Cl.O=C1NC(c2ccccc2F)=NC12CCNCC2. The van der Waals surface area contributed by atoms with Crippen molar-refractivity contribution in [2.75, 3.05) is 13.1 Å². The van der Waals surface area contributed by atoms with E-state index in [1.54, 1.807) is 18.2 Å². The van der Waals surface area contributed by atoms with Crippen LogP contribution in [0.25, 0.3) is 0 Å². The van der Waals surface area contributed by atoms with Crippen molar-refractivity contribution in [1.82, 2.24) is 10.6 Å². The van der Waals surface area contributed by atoms with E-state index in [9.17, 15) is 9.18 Å². The third-order valence-electron chi connectivity index (χ3n) is 3.54. The topological polar surface area (TPSA) is 53.5 Å². The van der Waals surface area contributed by atoms with E-state index in [1.807, 2.05) is 0 Å². The molecule has 19 heavy (non-hydrogen) atoms. The van der Waals surface area contributed by atoms with Gasteiger partial charge in [0.15, 0.2) is 0 Å². The maximum absolute atomic E-state index is 13.7. The Labute approximate surface area is 116 Å². The van der Waals surface area contributed by atoms with E-state index in [0.717, 1.165) is 13.1 Å². The summed E-state index contributed by atoms with van der Waals surface area (Å²) in [5, 5.41) is 5.91. The molecular formula is C13H15ClFN3O. The minimum Gasteiger partial charge on any atom is -0.317 e. The first kappa shape index (κ1) is 14.0. The number of nitrogens with one attached hydrogen (secondary N) is 2. The summed E-state index contributed by atoms with van der Waals surface area (Å²) in [6.07, 6.45) is 1.33. The molecule has 1 fully saturated rings. The molecule has 2 aliphatic heterocycles. The zero-order chi connectivity index (χ0) is 12.6. The van der Waals surface area contributed by atoms with Crippen LogP contribution in [0.3, 0.4) is 0 Å². The third kappa shape index (κ3) is 2.35. The maximum Gasteiger partial charge on any atom is 0.253 e. The summed E-state index contributed by atoms with van der Waals surface area (Å²) in [6.45, 7) is 1.53. The lowest BCUT2D eigenvalue weighted by atomic mass is 9.89. The van der Waals surface area contributed by atoms with E-state index in [0.29, 0.717) is 24.2 Å². The number of rotatable bonds is 1. The summed E-state index contributed by atoms with van der Waals surface area (Å²) < 4.78 is 13.7. The molecule has 0 aromatic heterocycles. The molecule has 0 aliphatic carbocycles. The fourth-order valence-electron chi connectivity index (χ4n) is 2.48. The standard InChI is InChI=1S/C13H14FN3O.ClH/c14-10-4-2-1-3-9(10)11-16-12(18)13(17-11)5-7-15-8-6-13;/h1-4,15H,5-8H2,(H,16,17,18);1H. The first-order valence-electron chi connectivity index (χ1n) is 6.08. The van der Waals surface area contributed by atoms with E-state index >= 15 is 0 Å². The fourth-order valence-corrected chi connectivity index (χ4v) is 2.48. The summed E-state index contributed by atoms with van der Waals surface area (Å²) in [5.41, 5.74) is -0.329. The predicted molar refractivity (Wildman–Crippen MR) is 73.2 cm³/mol. The van der Waals surface area contributed by atoms with Gasteiger partial charge in [-0.25, -0.2) is 4.39 Å². The predicted octanol–water partition coefficient (Wildman–Crippen LogP) is 1.25. The van der Waals surface area contributed by atoms with Gasteiger partial charge in [-0.15, -0.1) is 12.4 Å². The highest BCUT2D eigenvalue weighted by atomic mass is 35.5. The lowest BCUT2D eigenvalue weighted by Crippen LogP contribution is -2.47. The quantitative estimate of drug-likeness (QED) is 0.815. The minimum atomic E-state index is -0.692. The van der Waals surface area contributed by atoms with Crippen LogP contribution in [0.5, 0.6) is 0 Å². The Morgan fingerprint density at radius 1 is 1.21 bits per heavy atom. The molecule has 0 unspecified atom stereocenters. The van der Waals surface area contributed by atoms with E-state index in [4.69, 9.17) is 0 Å². The van der Waals surface area contributed by atoms with Crippen molar-refractivity contribution < 1.29 is 9.18 Å². The smallest absolute Gasteiger partial charge is 0.253 e. The Morgan fingerprint density at radius 2 is 1.89 bits per heavy atom. The van der Waals surface area contributed by atoms with Gasteiger partial charge in [-0.1, -0.05) is 12.1 Å². The molecule has 4 nitrogen and oxygen atoms in total. The molecule has 6 heteroatoms. The van der Waals surface area contributed by atoms with Gasteiger partial charge in [-0.3, -0.25) is 9.79 Å². The molecule has 2 heterocycles. The van der Waals surface area contributed by atoms with Gasteiger partial charge in [0.25, 0.3) is 5.91 Å². The first-order valence-corrected chi connectivity index (χ1v) is 6.08. The average Bonchev–Trinajstić information content (AvgIpc) is 2.68. The Morgan fingerprint density at radius 3 is 2.58 bits per heavy atom. The molecule has 1 spiro atoms. The number of carbonyl (C=O) groups is 1. The van der Waals surface area contributed by atoms with Crippen molar-refractivity contribution >= 4 is 24.1 Å². The molecule has 2 aliphatic rings. The molecule has 1 amide bonds. The van der Waals surface area contributed by atoms with Gasteiger partial charge in [0.1, 0.15) is 17.2 Å². The largest absolute Gasteiger partial charge is 0.317 e. The van der Waals surface area contributed by atoms with Crippen molar-refractivity contribution in [2.24, 2.45) is 4.99 Å². The Kier molecular flexibility index (Phi) is 3.87. The highest BCUT2D eigenvalue weighted by molar-refractivity contribution is 6.15. The average molecular weight is 284 g/mol. The number of nitrogens with zero attached hydrogens (tertiary/aromatic N) is 1. The second-order valence-corrected chi connectivity index (χ2v) is 4.68. The van der Waals surface area contributed by atoms with Crippen molar-refractivity contribution in [3.63, 3.8) is 0 Å². The number of hydrogen-bond donors (Lipinski definition) is 2. The Bertz CT molecular complexity index is 526. The summed E-state index contributed by atoms with van der Waals surface area (Å²) in [7, 11) is 0. The minimum absolute atomic E-state index is 0. The first-order chi connectivity index (χ1) is 8.71. The molecule has 1 saturated heterocycles. The van der Waals surface area contributed by atoms with E-state index in [1.165, 1.54) is 6.07 Å². The van der Waals surface area contributed by atoms with Crippen LogP contribution >= 0.6 is 12.4 Å². The number of benzene rings is 1. The molecule has 0 bridgehead atoms. The van der Waals surface area contributed by atoms with Gasteiger partial charge in [-0.2, -0.15) is 0 Å². The molecule has 102 valence electrons. The zero-order valence-electron chi connectivity index (χ0n) is 10.3. The molecular weight excluding hydrogens is 269 g/mol. The van der Waals surface area contributed by atoms with Crippen LogP contribution < -0.4 is 10.6 Å². The molecule has 0 radical (unpaired) electrons. The van der Waals surface area contributed by atoms with E-state index in [-0.39, 0.29) is 24.1 Å². The molecule has 1 aromatic rings. The van der Waals surface area contributed by atoms with Gasteiger partial charge in [0, 0.05) is 0 Å². The van der Waals surface area contributed by atoms with Gasteiger partial charge >= 0.3 is 0 Å². The number of amidine groups is 1. The molecule has 0 saturated carbocycles. The molecule has 2 N–H and O–H groups in total.